The Morgan fingerprint density at radius 3 is 2.61 bits per heavy atom. The molecule has 2 aliphatic heterocycles. The summed E-state index contributed by atoms with van der Waals surface area (Å²) in [6.07, 6.45) is 8.26. The van der Waals surface area contributed by atoms with Crippen LogP contribution in [0.25, 0.3) is 11.2 Å². The molecule has 2 aromatic heterocycles. The van der Waals surface area contributed by atoms with Gasteiger partial charge in [0.25, 0.3) is 5.56 Å². The number of hydrogen-bond donors (Lipinski definition) is 2. The van der Waals surface area contributed by atoms with Crippen LogP contribution in [0, 0.1) is 0 Å². The third kappa shape index (κ3) is 4.94. The number of methoxy groups -OCH3 is 1. The Morgan fingerprint density at radius 1 is 1.05 bits per heavy atom. The molecule has 1 aliphatic carbocycles. The minimum absolute atomic E-state index is 0.0110. The fraction of sp³-hybridized carbons (Fsp3) is 0.571. The van der Waals surface area contributed by atoms with Gasteiger partial charge in [-0.15, -0.1) is 0 Å². The maximum Gasteiger partial charge on any atom is 0.274 e. The first-order valence-corrected chi connectivity index (χ1v) is 14.0. The van der Waals surface area contributed by atoms with E-state index in [1.807, 2.05) is 10.6 Å². The molecule has 6 rings (SSSR count). The first kappa shape index (κ1) is 25.1. The average Bonchev–Trinajstić information content (AvgIpc) is 3.48. The quantitative estimate of drug-likeness (QED) is 0.509. The van der Waals surface area contributed by atoms with Gasteiger partial charge in [-0.25, -0.2) is 9.97 Å². The number of likely N-dealkylation sites (N-methyl/N-ethyl adjacent to an activating group) is 1. The summed E-state index contributed by atoms with van der Waals surface area (Å²) in [5.41, 5.74) is 3.90. The van der Waals surface area contributed by atoms with Crippen molar-refractivity contribution in [3.63, 3.8) is 0 Å². The van der Waals surface area contributed by atoms with Gasteiger partial charge in [-0.2, -0.15) is 4.98 Å². The van der Waals surface area contributed by atoms with Gasteiger partial charge in [0.2, 0.25) is 5.95 Å². The second kappa shape index (κ2) is 10.9. The summed E-state index contributed by atoms with van der Waals surface area (Å²) in [4.78, 5) is 32.8. The van der Waals surface area contributed by atoms with E-state index in [0.29, 0.717) is 22.8 Å². The number of ether oxygens (including phenoxy) is 1. The highest BCUT2D eigenvalue weighted by Gasteiger charge is 2.27. The zero-order valence-corrected chi connectivity index (χ0v) is 22.4. The Labute approximate surface area is 223 Å². The average molecular weight is 519 g/mol. The van der Waals surface area contributed by atoms with E-state index in [1.165, 1.54) is 6.42 Å². The molecule has 0 bridgehead atoms. The predicted octanol–water partition coefficient (Wildman–Crippen LogP) is 3.27. The van der Waals surface area contributed by atoms with Crippen LogP contribution < -0.4 is 25.8 Å². The Hall–Kier alpha value is -3.24. The molecule has 2 N–H and O–H groups in total. The highest BCUT2D eigenvalue weighted by Crippen LogP contribution is 2.33. The van der Waals surface area contributed by atoms with Gasteiger partial charge in [0, 0.05) is 50.4 Å². The summed E-state index contributed by atoms with van der Waals surface area (Å²) >= 11 is 0. The molecule has 0 spiro atoms. The standard InChI is InChI=1S/C28H38N8O2/c1-34-12-14-35(15-13-34)20-8-9-22(24(16-20)38-2)32-28-30-18-23-26(33-28)36(21-10-11-29-17-21)27(37)25(31-23)19-6-4-3-5-7-19/h8-9,16,18-19,21,29H,3-7,10-15,17H2,1-2H3,(H,30,32,33). The van der Waals surface area contributed by atoms with Gasteiger partial charge < -0.3 is 25.2 Å². The van der Waals surface area contributed by atoms with E-state index >= 15 is 0 Å². The lowest BCUT2D eigenvalue weighted by Gasteiger charge is -2.34. The SMILES string of the molecule is COc1cc(N2CCN(C)CC2)ccc1Nc1ncc2nc(C3CCCCC3)c(=O)n(C3CCNC3)c2n1. The predicted molar refractivity (Wildman–Crippen MR) is 150 cm³/mol. The molecule has 1 aromatic carbocycles. The van der Waals surface area contributed by atoms with Crippen molar-refractivity contribution >= 4 is 28.5 Å². The molecule has 4 heterocycles. The Morgan fingerprint density at radius 2 is 1.87 bits per heavy atom. The lowest BCUT2D eigenvalue weighted by atomic mass is 9.87. The fourth-order valence-electron chi connectivity index (χ4n) is 6.09. The minimum atomic E-state index is 0.0110. The van der Waals surface area contributed by atoms with Crippen LogP contribution in [-0.4, -0.2) is 77.8 Å². The molecule has 0 radical (unpaired) electrons. The van der Waals surface area contributed by atoms with E-state index in [9.17, 15) is 4.79 Å². The van der Waals surface area contributed by atoms with Crippen molar-refractivity contribution in [2.24, 2.45) is 0 Å². The molecule has 0 amide bonds. The molecule has 10 nitrogen and oxygen atoms in total. The number of rotatable bonds is 6. The first-order chi connectivity index (χ1) is 18.6. The van der Waals surface area contributed by atoms with Gasteiger partial charge in [-0.3, -0.25) is 9.36 Å². The molecule has 10 heteroatoms. The number of nitrogens with zero attached hydrogens (tertiary/aromatic N) is 6. The van der Waals surface area contributed by atoms with E-state index in [2.05, 4.69) is 44.6 Å². The molecule has 2 saturated heterocycles. The number of benzene rings is 1. The van der Waals surface area contributed by atoms with E-state index in [-0.39, 0.29) is 17.5 Å². The third-order valence-electron chi connectivity index (χ3n) is 8.35. The van der Waals surface area contributed by atoms with Gasteiger partial charge in [0.15, 0.2) is 5.65 Å². The topological polar surface area (TPSA) is 100 Å². The number of fused-ring (bicyclic) bond motifs is 1. The summed E-state index contributed by atoms with van der Waals surface area (Å²) < 4.78 is 7.62. The minimum Gasteiger partial charge on any atom is -0.494 e. The van der Waals surface area contributed by atoms with Gasteiger partial charge in [0.1, 0.15) is 17.0 Å². The summed E-state index contributed by atoms with van der Waals surface area (Å²) in [7, 11) is 3.83. The second-order valence-corrected chi connectivity index (χ2v) is 10.9. The molecule has 1 atom stereocenters. The second-order valence-electron chi connectivity index (χ2n) is 10.9. The zero-order chi connectivity index (χ0) is 26.1. The molecule has 3 fully saturated rings. The van der Waals surface area contributed by atoms with Crippen LogP contribution in [0.5, 0.6) is 5.75 Å². The normalized spacial score (nSPS) is 21.2. The molecule has 38 heavy (non-hydrogen) atoms. The van der Waals surface area contributed by atoms with Crippen LogP contribution in [-0.2, 0) is 0 Å². The van der Waals surface area contributed by atoms with Crippen LogP contribution in [0.15, 0.2) is 29.2 Å². The lowest BCUT2D eigenvalue weighted by Crippen LogP contribution is -2.44. The van der Waals surface area contributed by atoms with Crippen molar-refractivity contribution in [1.29, 1.82) is 0 Å². The smallest absolute Gasteiger partial charge is 0.274 e. The maximum absolute atomic E-state index is 13.8. The van der Waals surface area contributed by atoms with Crippen LogP contribution in [0.2, 0.25) is 0 Å². The number of piperazine rings is 1. The van der Waals surface area contributed by atoms with Crippen molar-refractivity contribution in [2.75, 3.05) is 63.6 Å². The molecule has 3 aromatic rings. The van der Waals surface area contributed by atoms with Crippen LogP contribution in [0.3, 0.4) is 0 Å². The third-order valence-corrected chi connectivity index (χ3v) is 8.35. The molecular formula is C28H38N8O2. The van der Waals surface area contributed by atoms with E-state index in [1.54, 1.807) is 13.3 Å². The van der Waals surface area contributed by atoms with Crippen molar-refractivity contribution in [3.8, 4) is 5.75 Å². The largest absolute Gasteiger partial charge is 0.494 e. The number of hydrogen-bond acceptors (Lipinski definition) is 9. The molecule has 202 valence electrons. The van der Waals surface area contributed by atoms with Gasteiger partial charge >= 0.3 is 0 Å². The summed E-state index contributed by atoms with van der Waals surface area (Å²) in [6.45, 7) is 5.72. The summed E-state index contributed by atoms with van der Waals surface area (Å²) in [5.74, 6) is 1.38. The molecule has 1 unspecified atom stereocenters. The highest BCUT2D eigenvalue weighted by molar-refractivity contribution is 5.74. The van der Waals surface area contributed by atoms with Crippen molar-refractivity contribution in [1.82, 2.24) is 29.7 Å². The van der Waals surface area contributed by atoms with Crippen LogP contribution >= 0.6 is 0 Å². The highest BCUT2D eigenvalue weighted by atomic mass is 16.5. The summed E-state index contributed by atoms with van der Waals surface area (Å²) in [5, 5.41) is 6.74. The zero-order valence-electron chi connectivity index (χ0n) is 22.4. The Bertz CT molecular complexity index is 1340. The maximum atomic E-state index is 13.8. The first-order valence-electron chi connectivity index (χ1n) is 14.0. The number of aromatic nitrogens is 4. The van der Waals surface area contributed by atoms with E-state index in [0.717, 1.165) is 88.5 Å². The molecule has 1 saturated carbocycles. The Kier molecular flexibility index (Phi) is 7.16. The van der Waals surface area contributed by atoms with Gasteiger partial charge in [-0.05, 0) is 45.0 Å². The van der Waals surface area contributed by atoms with Crippen molar-refractivity contribution in [2.45, 2.75) is 50.5 Å². The number of nitrogens with one attached hydrogen (secondary N) is 2. The van der Waals surface area contributed by atoms with E-state index < -0.39 is 0 Å². The fourth-order valence-corrected chi connectivity index (χ4v) is 6.09. The van der Waals surface area contributed by atoms with Crippen molar-refractivity contribution < 1.29 is 4.74 Å². The van der Waals surface area contributed by atoms with Crippen molar-refractivity contribution in [3.05, 3.63) is 40.4 Å². The molecular weight excluding hydrogens is 480 g/mol. The van der Waals surface area contributed by atoms with Gasteiger partial charge in [-0.1, -0.05) is 19.3 Å². The number of anilines is 3. The van der Waals surface area contributed by atoms with Crippen LogP contribution in [0.1, 0.15) is 56.2 Å². The van der Waals surface area contributed by atoms with E-state index in [4.69, 9.17) is 14.7 Å². The van der Waals surface area contributed by atoms with Gasteiger partial charge in [0.05, 0.1) is 25.0 Å². The Balaban J connectivity index is 1.34. The summed E-state index contributed by atoms with van der Waals surface area (Å²) in [6, 6.07) is 6.25. The lowest BCUT2D eigenvalue weighted by molar-refractivity contribution is 0.312. The monoisotopic (exact) mass is 518 g/mol. The molecule has 3 aliphatic rings. The van der Waals surface area contributed by atoms with Crippen LogP contribution in [0.4, 0.5) is 17.3 Å².